The van der Waals surface area contributed by atoms with Crippen molar-refractivity contribution in [2.24, 2.45) is 0 Å². The molecular weight excluding hydrogens is 396 g/mol. The van der Waals surface area contributed by atoms with Crippen LogP contribution in [0.25, 0.3) is 0 Å². The van der Waals surface area contributed by atoms with Gasteiger partial charge in [0.2, 0.25) is 0 Å². The lowest BCUT2D eigenvalue weighted by atomic mass is 9.78. The standard InChI is InChI=1S/C29H40O3/c1-3-5-9-22-12-17-27(28(19-22)23-10-7-6-8-11-23)25-20-31-29(32-21-25)24-13-15-26(16-14-24)30-18-4-2/h12-17,19,23,25,29H,3-11,18,20-21H2,1-2H3. The second kappa shape index (κ2) is 11.9. The topological polar surface area (TPSA) is 27.7 Å². The Morgan fingerprint density at radius 3 is 2.25 bits per heavy atom. The molecule has 0 bridgehead atoms. The van der Waals surface area contributed by atoms with E-state index in [1.54, 1.807) is 5.56 Å². The van der Waals surface area contributed by atoms with Crippen molar-refractivity contribution in [3.05, 3.63) is 64.7 Å². The third kappa shape index (κ3) is 5.94. The predicted molar refractivity (Wildman–Crippen MR) is 130 cm³/mol. The van der Waals surface area contributed by atoms with E-state index in [1.165, 1.54) is 62.5 Å². The summed E-state index contributed by atoms with van der Waals surface area (Å²) >= 11 is 0. The third-order valence-electron chi connectivity index (χ3n) is 6.98. The monoisotopic (exact) mass is 436 g/mol. The van der Waals surface area contributed by atoms with Crippen molar-refractivity contribution >= 4 is 0 Å². The van der Waals surface area contributed by atoms with E-state index in [1.807, 2.05) is 12.1 Å². The van der Waals surface area contributed by atoms with Crippen molar-refractivity contribution in [2.45, 2.75) is 89.8 Å². The van der Waals surface area contributed by atoms with Crippen LogP contribution in [0.15, 0.2) is 42.5 Å². The van der Waals surface area contributed by atoms with Crippen LogP contribution in [0.3, 0.4) is 0 Å². The van der Waals surface area contributed by atoms with Crippen molar-refractivity contribution in [1.82, 2.24) is 0 Å². The van der Waals surface area contributed by atoms with Gasteiger partial charge in [0.1, 0.15) is 5.75 Å². The van der Waals surface area contributed by atoms with Gasteiger partial charge in [0.15, 0.2) is 6.29 Å². The lowest BCUT2D eigenvalue weighted by Gasteiger charge is -2.33. The molecule has 0 aromatic heterocycles. The molecule has 1 aliphatic carbocycles. The number of ether oxygens (including phenoxy) is 3. The van der Waals surface area contributed by atoms with Crippen molar-refractivity contribution in [2.75, 3.05) is 19.8 Å². The van der Waals surface area contributed by atoms with Gasteiger partial charge < -0.3 is 14.2 Å². The predicted octanol–water partition coefficient (Wildman–Crippen LogP) is 7.69. The van der Waals surface area contributed by atoms with Gasteiger partial charge in [-0.1, -0.05) is 69.9 Å². The highest BCUT2D eigenvalue weighted by atomic mass is 16.7. The molecule has 2 aromatic carbocycles. The van der Waals surface area contributed by atoms with Gasteiger partial charge in [-0.15, -0.1) is 0 Å². The normalized spacial score (nSPS) is 22.1. The first-order chi connectivity index (χ1) is 15.8. The van der Waals surface area contributed by atoms with Gasteiger partial charge in [-0.25, -0.2) is 0 Å². The summed E-state index contributed by atoms with van der Waals surface area (Å²) < 4.78 is 18.1. The summed E-state index contributed by atoms with van der Waals surface area (Å²) in [6, 6.07) is 15.4. The molecular formula is C29H40O3. The van der Waals surface area contributed by atoms with Crippen LogP contribution in [0.1, 0.15) is 106 Å². The number of benzene rings is 2. The van der Waals surface area contributed by atoms with Crippen molar-refractivity contribution in [1.29, 1.82) is 0 Å². The Morgan fingerprint density at radius 1 is 0.812 bits per heavy atom. The molecule has 1 saturated carbocycles. The Hall–Kier alpha value is -1.84. The van der Waals surface area contributed by atoms with E-state index in [2.05, 4.69) is 44.2 Å². The second-order valence-corrected chi connectivity index (χ2v) is 9.51. The summed E-state index contributed by atoms with van der Waals surface area (Å²) in [4.78, 5) is 0. The third-order valence-corrected chi connectivity index (χ3v) is 6.98. The minimum absolute atomic E-state index is 0.284. The number of aryl methyl sites for hydroxylation is 1. The Bertz CT molecular complexity index is 815. The fourth-order valence-electron chi connectivity index (χ4n) is 5.12. The summed E-state index contributed by atoms with van der Waals surface area (Å²) in [6.45, 7) is 6.57. The molecule has 3 nitrogen and oxygen atoms in total. The highest BCUT2D eigenvalue weighted by Gasteiger charge is 2.28. The molecule has 2 aromatic rings. The van der Waals surface area contributed by atoms with Crippen LogP contribution in [0.5, 0.6) is 5.75 Å². The summed E-state index contributed by atoms with van der Waals surface area (Å²) in [5, 5.41) is 0. The van der Waals surface area contributed by atoms with Crippen LogP contribution >= 0.6 is 0 Å². The second-order valence-electron chi connectivity index (χ2n) is 9.51. The summed E-state index contributed by atoms with van der Waals surface area (Å²) in [5.74, 6) is 1.92. The highest BCUT2D eigenvalue weighted by molar-refractivity contribution is 5.38. The van der Waals surface area contributed by atoms with Gasteiger partial charge in [0, 0.05) is 11.5 Å². The van der Waals surface area contributed by atoms with Crippen LogP contribution in [0, 0.1) is 0 Å². The van der Waals surface area contributed by atoms with Crippen LogP contribution in [-0.2, 0) is 15.9 Å². The molecule has 2 aliphatic rings. The van der Waals surface area contributed by atoms with Gasteiger partial charge >= 0.3 is 0 Å². The Balaban J connectivity index is 1.44. The first-order valence-corrected chi connectivity index (χ1v) is 12.9. The lowest BCUT2D eigenvalue weighted by Crippen LogP contribution is -2.27. The van der Waals surface area contributed by atoms with Crippen molar-refractivity contribution in [3.8, 4) is 5.75 Å². The Kier molecular flexibility index (Phi) is 8.64. The van der Waals surface area contributed by atoms with E-state index in [9.17, 15) is 0 Å². The van der Waals surface area contributed by atoms with E-state index in [4.69, 9.17) is 14.2 Å². The van der Waals surface area contributed by atoms with E-state index in [0.29, 0.717) is 25.0 Å². The fourth-order valence-corrected chi connectivity index (χ4v) is 5.12. The van der Waals surface area contributed by atoms with Crippen LogP contribution in [0.4, 0.5) is 0 Å². The summed E-state index contributed by atoms with van der Waals surface area (Å²) in [7, 11) is 0. The first-order valence-electron chi connectivity index (χ1n) is 12.9. The maximum atomic E-state index is 6.23. The first kappa shape index (κ1) is 23.3. The fraction of sp³-hybridized carbons (Fsp3) is 0.586. The number of rotatable bonds is 9. The van der Waals surface area contributed by atoms with E-state index in [0.717, 1.165) is 24.3 Å². The van der Waals surface area contributed by atoms with Crippen LogP contribution in [-0.4, -0.2) is 19.8 Å². The van der Waals surface area contributed by atoms with Gasteiger partial charge in [0.05, 0.1) is 19.8 Å². The maximum Gasteiger partial charge on any atom is 0.183 e. The highest BCUT2D eigenvalue weighted by Crippen LogP contribution is 2.39. The quantitative estimate of drug-likeness (QED) is 0.403. The zero-order chi connectivity index (χ0) is 22.2. The van der Waals surface area contributed by atoms with Gasteiger partial charge in [-0.3, -0.25) is 0 Å². The largest absolute Gasteiger partial charge is 0.494 e. The molecule has 3 heteroatoms. The van der Waals surface area contributed by atoms with Gasteiger partial charge in [-0.05, 0) is 66.8 Å². The molecule has 174 valence electrons. The smallest absolute Gasteiger partial charge is 0.183 e. The zero-order valence-electron chi connectivity index (χ0n) is 20.0. The minimum atomic E-state index is -0.284. The summed E-state index contributed by atoms with van der Waals surface area (Å²) in [6.07, 6.45) is 11.2. The van der Waals surface area contributed by atoms with E-state index < -0.39 is 0 Å². The van der Waals surface area contributed by atoms with Gasteiger partial charge in [-0.2, -0.15) is 0 Å². The van der Waals surface area contributed by atoms with E-state index in [-0.39, 0.29) is 6.29 Å². The Morgan fingerprint density at radius 2 is 1.56 bits per heavy atom. The number of hydrogen-bond acceptors (Lipinski definition) is 3. The average Bonchev–Trinajstić information content (AvgIpc) is 2.87. The lowest BCUT2D eigenvalue weighted by molar-refractivity contribution is -0.191. The molecule has 4 rings (SSSR count). The summed E-state index contributed by atoms with van der Waals surface area (Å²) in [5.41, 5.74) is 5.59. The van der Waals surface area contributed by atoms with Crippen LogP contribution in [0.2, 0.25) is 0 Å². The molecule has 0 unspecified atom stereocenters. The molecule has 0 spiro atoms. The van der Waals surface area contributed by atoms with Gasteiger partial charge in [0.25, 0.3) is 0 Å². The van der Waals surface area contributed by atoms with Crippen molar-refractivity contribution in [3.63, 3.8) is 0 Å². The molecule has 1 heterocycles. The maximum absolute atomic E-state index is 6.23. The molecule has 2 fully saturated rings. The minimum Gasteiger partial charge on any atom is -0.494 e. The molecule has 1 aliphatic heterocycles. The molecule has 0 N–H and O–H groups in total. The van der Waals surface area contributed by atoms with E-state index >= 15 is 0 Å². The average molecular weight is 437 g/mol. The molecule has 1 saturated heterocycles. The Labute approximate surface area is 194 Å². The molecule has 0 amide bonds. The number of hydrogen-bond donors (Lipinski definition) is 0. The molecule has 0 atom stereocenters. The SMILES string of the molecule is CCCCc1ccc(C2COC(c3ccc(OCCC)cc3)OC2)c(C2CCCCC2)c1. The van der Waals surface area contributed by atoms with Crippen LogP contribution < -0.4 is 4.74 Å². The number of unbranched alkanes of at least 4 members (excludes halogenated alkanes) is 1. The molecule has 0 radical (unpaired) electrons. The van der Waals surface area contributed by atoms with Crippen molar-refractivity contribution < 1.29 is 14.2 Å². The molecule has 32 heavy (non-hydrogen) atoms. The zero-order valence-corrected chi connectivity index (χ0v) is 20.0.